The lowest BCUT2D eigenvalue weighted by Crippen LogP contribution is -2.12. The molecule has 1 amide bonds. The highest BCUT2D eigenvalue weighted by atomic mass is 19.1. The van der Waals surface area contributed by atoms with Crippen LogP contribution in [0.5, 0.6) is 0 Å². The quantitative estimate of drug-likeness (QED) is 0.696. The van der Waals surface area contributed by atoms with Gasteiger partial charge < -0.3 is 10.1 Å². The number of halogens is 1. The molecule has 0 aliphatic carbocycles. The van der Waals surface area contributed by atoms with Crippen LogP contribution in [0.25, 0.3) is 6.08 Å². The molecule has 0 aliphatic rings. The third kappa shape index (κ3) is 3.79. The molecule has 2 aromatic rings. The van der Waals surface area contributed by atoms with Gasteiger partial charge in [-0.05, 0) is 24.3 Å². The van der Waals surface area contributed by atoms with E-state index in [2.05, 4.69) is 10.1 Å². The molecule has 0 bridgehead atoms. The standard InChI is InChI=1S/C17H14FNO3/c1-22-17(21)13-7-3-5-9-15(13)19-16(20)11-10-12-6-2-4-8-14(12)18/h2-11H,1H3,(H,19,20)/b11-10-. The second-order valence-corrected chi connectivity index (χ2v) is 4.38. The fourth-order valence-electron chi connectivity index (χ4n) is 1.83. The summed E-state index contributed by atoms with van der Waals surface area (Å²) >= 11 is 0. The van der Waals surface area contributed by atoms with Gasteiger partial charge in [-0.3, -0.25) is 4.79 Å². The highest BCUT2D eigenvalue weighted by molar-refractivity contribution is 6.06. The molecule has 0 aromatic heterocycles. The van der Waals surface area contributed by atoms with E-state index in [9.17, 15) is 14.0 Å². The molecule has 4 nitrogen and oxygen atoms in total. The number of hydrogen-bond donors (Lipinski definition) is 1. The van der Waals surface area contributed by atoms with E-state index >= 15 is 0 Å². The van der Waals surface area contributed by atoms with Crippen LogP contribution in [0.15, 0.2) is 54.6 Å². The molecule has 0 saturated carbocycles. The van der Waals surface area contributed by atoms with Crippen LogP contribution >= 0.6 is 0 Å². The molecule has 0 fully saturated rings. The number of para-hydroxylation sites is 1. The van der Waals surface area contributed by atoms with Crippen LogP contribution in [-0.2, 0) is 9.53 Å². The van der Waals surface area contributed by atoms with Crippen molar-refractivity contribution < 1.29 is 18.7 Å². The molecule has 22 heavy (non-hydrogen) atoms. The Morgan fingerprint density at radius 2 is 1.77 bits per heavy atom. The number of carbonyl (C=O) groups excluding carboxylic acids is 2. The highest BCUT2D eigenvalue weighted by Gasteiger charge is 2.12. The lowest BCUT2D eigenvalue weighted by atomic mass is 10.1. The first kappa shape index (κ1) is 15.4. The van der Waals surface area contributed by atoms with Gasteiger partial charge in [0.25, 0.3) is 0 Å². The summed E-state index contributed by atoms with van der Waals surface area (Å²) in [5, 5.41) is 2.57. The van der Waals surface area contributed by atoms with Gasteiger partial charge in [-0.1, -0.05) is 30.3 Å². The van der Waals surface area contributed by atoms with Crippen LogP contribution in [0.2, 0.25) is 0 Å². The van der Waals surface area contributed by atoms with Gasteiger partial charge in [-0.25, -0.2) is 9.18 Å². The molecule has 2 rings (SSSR count). The van der Waals surface area contributed by atoms with Gasteiger partial charge in [0.15, 0.2) is 0 Å². The highest BCUT2D eigenvalue weighted by Crippen LogP contribution is 2.16. The summed E-state index contributed by atoms with van der Waals surface area (Å²) in [6, 6.07) is 12.6. The molecule has 5 heteroatoms. The molecule has 0 heterocycles. The topological polar surface area (TPSA) is 55.4 Å². The minimum atomic E-state index is -0.547. The predicted molar refractivity (Wildman–Crippen MR) is 81.8 cm³/mol. The van der Waals surface area contributed by atoms with E-state index in [1.54, 1.807) is 42.5 Å². The lowest BCUT2D eigenvalue weighted by molar-refractivity contribution is -0.111. The number of benzene rings is 2. The summed E-state index contributed by atoms with van der Waals surface area (Å²) in [6.07, 6.45) is 2.57. The van der Waals surface area contributed by atoms with Gasteiger partial charge in [-0.15, -0.1) is 0 Å². The molecule has 0 saturated heterocycles. The van der Waals surface area contributed by atoms with Crippen molar-refractivity contribution in [3.63, 3.8) is 0 Å². The van der Waals surface area contributed by atoms with Crippen molar-refractivity contribution in [3.05, 3.63) is 71.6 Å². The molecule has 0 unspecified atom stereocenters. The average molecular weight is 299 g/mol. The van der Waals surface area contributed by atoms with Gasteiger partial charge in [0.1, 0.15) is 5.82 Å². The Bertz CT molecular complexity index is 725. The number of amides is 1. The van der Waals surface area contributed by atoms with Gasteiger partial charge in [0.05, 0.1) is 18.4 Å². The second-order valence-electron chi connectivity index (χ2n) is 4.38. The van der Waals surface area contributed by atoms with Crippen molar-refractivity contribution in [3.8, 4) is 0 Å². The third-order valence-electron chi connectivity index (χ3n) is 2.91. The van der Waals surface area contributed by atoms with Crippen molar-refractivity contribution in [1.29, 1.82) is 0 Å². The molecular formula is C17H14FNO3. The van der Waals surface area contributed by atoms with E-state index < -0.39 is 17.7 Å². The van der Waals surface area contributed by atoms with Gasteiger partial charge in [-0.2, -0.15) is 0 Å². The largest absolute Gasteiger partial charge is 0.465 e. The summed E-state index contributed by atoms with van der Waals surface area (Å²) in [7, 11) is 1.26. The van der Waals surface area contributed by atoms with E-state index in [1.807, 2.05) is 0 Å². The van der Waals surface area contributed by atoms with E-state index in [4.69, 9.17) is 0 Å². The zero-order chi connectivity index (χ0) is 15.9. The van der Waals surface area contributed by atoms with Crippen molar-refractivity contribution in [2.75, 3.05) is 12.4 Å². The lowest BCUT2D eigenvalue weighted by Gasteiger charge is -2.07. The first-order valence-corrected chi connectivity index (χ1v) is 6.52. The van der Waals surface area contributed by atoms with E-state index in [0.29, 0.717) is 11.3 Å². The zero-order valence-corrected chi connectivity index (χ0v) is 11.9. The summed E-state index contributed by atoms with van der Waals surface area (Å²) in [4.78, 5) is 23.5. The van der Waals surface area contributed by atoms with Crippen molar-refractivity contribution in [1.82, 2.24) is 0 Å². The Labute approximate surface area is 127 Å². The number of rotatable bonds is 4. The maximum absolute atomic E-state index is 13.4. The Morgan fingerprint density at radius 1 is 1.09 bits per heavy atom. The van der Waals surface area contributed by atoms with E-state index in [0.717, 1.165) is 0 Å². The molecule has 2 aromatic carbocycles. The molecule has 0 aliphatic heterocycles. The van der Waals surface area contributed by atoms with E-state index in [1.165, 1.54) is 25.3 Å². The number of ether oxygens (including phenoxy) is 1. The first-order valence-electron chi connectivity index (χ1n) is 6.52. The molecule has 0 spiro atoms. The number of esters is 1. The van der Waals surface area contributed by atoms with Gasteiger partial charge in [0.2, 0.25) is 5.91 Å². The van der Waals surface area contributed by atoms with Crippen molar-refractivity contribution >= 4 is 23.6 Å². The Morgan fingerprint density at radius 3 is 2.50 bits per heavy atom. The Kier molecular flexibility index (Phi) is 5.03. The normalized spacial score (nSPS) is 10.5. The van der Waals surface area contributed by atoms with Crippen molar-refractivity contribution in [2.24, 2.45) is 0 Å². The number of hydrogen-bond acceptors (Lipinski definition) is 3. The molecule has 0 atom stereocenters. The number of nitrogens with one attached hydrogen (secondary N) is 1. The SMILES string of the molecule is COC(=O)c1ccccc1NC(=O)/C=C\c1ccccc1F. The Balaban J connectivity index is 2.13. The van der Waals surface area contributed by atoms with Crippen LogP contribution in [0.1, 0.15) is 15.9 Å². The summed E-state index contributed by atoms with van der Waals surface area (Å²) in [6.45, 7) is 0. The fourth-order valence-corrected chi connectivity index (χ4v) is 1.83. The zero-order valence-electron chi connectivity index (χ0n) is 11.9. The van der Waals surface area contributed by atoms with Crippen LogP contribution in [0.3, 0.4) is 0 Å². The van der Waals surface area contributed by atoms with E-state index in [-0.39, 0.29) is 5.56 Å². The minimum Gasteiger partial charge on any atom is -0.465 e. The average Bonchev–Trinajstić information content (AvgIpc) is 2.54. The van der Waals surface area contributed by atoms with Gasteiger partial charge >= 0.3 is 5.97 Å². The van der Waals surface area contributed by atoms with Gasteiger partial charge in [0, 0.05) is 11.6 Å². The number of methoxy groups -OCH3 is 1. The fraction of sp³-hybridized carbons (Fsp3) is 0.0588. The first-order chi connectivity index (χ1) is 10.6. The molecule has 0 radical (unpaired) electrons. The molecule has 112 valence electrons. The molecular weight excluding hydrogens is 285 g/mol. The van der Waals surface area contributed by atoms with Crippen LogP contribution < -0.4 is 5.32 Å². The smallest absolute Gasteiger partial charge is 0.339 e. The molecule has 1 N–H and O–H groups in total. The number of carbonyl (C=O) groups is 2. The van der Waals surface area contributed by atoms with Crippen LogP contribution in [0, 0.1) is 5.82 Å². The Hall–Kier alpha value is -2.95. The second kappa shape index (κ2) is 7.17. The minimum absolute atomic E-state index is 0.248. The van der Waals surface area contributed by atoms with Crippen LogP contribution in [-0.4, -0.2) is 19.0 Å². The summed E-state index contributed by atoms with van der Waals surface area (Å²) in [5.41, 5.74) is 0.883. The number of anilines is 1. The van der Waals surface area contributed by atoms with Crippen LogP contribution in [0.4, 0.5) is 10.1 Å². The maximum atomic E-state index is 13.4. The summed E-state index contributed by atoms with van der Waals surface area (Å²) < 4.78 is 18.1. The maximum Gasteiger partial charge on any atom is 0.339 e. The summed E-state index contributed by atoms with van der Waals surface area (Å²) in [5.74, 6) is -1.44. The third-order valence-corrected chi connectivity index (χ3v) is 2.91. The van der Waals surface area contributed by atoms with Crippen molar-refractivity contribution in [2.45, 2.75) is 0 Å². The predicted octanol–water partition coefficient (Wildman–Crippen LogP) is 3.26. The monoisotopic (exact) mass is 299 g/mol.